The lowest BCUT2D eigenvalue weighted by atomic mass is 10.1. The molecule has 0 aliphatic heterocycles. The Morgan fingerprint density at radius 3 is 2.52 bits per heavy atom. The fraction of sp³-hybridized carbons (Fsp3) is 0.533. The summed E-state index contributed by atoms with van der Waals surface area (Å²) >= 11 is 0. The number of carboxylic acids is 1. The van der Waals surface area contributed by atoms with Crippen LogP contribution >= 0.6 is 0 Å². The van der Waals surface area contributed by atoms with Gasteiger partial charge < -0.3 is 5.11 Å². The Labute approximate surface area is 124 Å². The summed E-state index contributed by atoms with van der Waals surface area (Å²) < 4.78 is 3.60. The number of hydrogen-bond donors (Lipinski definition) is 1. The zero-order valence-corrected chi connectivity index (χ0v) is 13.1. The highest BCUT2D eigenvalue weighted by molar-refractivity contribution is 5.95. The monoisotopic (exact) mass is 290 g/mol. The molecule has 0 amide bonds. The number of carboxylic acid groups (broad SMARTS) is 1. The average Bonchev–Trinajstić information content (AvgIpc) is 2.97. The SMILES string of the molecule is CCCCn1cc(C(=O)O)c(-c2c(C)nn(CC)c2C)n1. The van der Waals surface area contributed by atoms with Crippen molar-refractivity contribution in [1.29, 1.82) is 0 Å². The van der Waals surface area contributed by atoms with Gasteiger partial charge in [-0.2, -0.15) is 10.2 Å². The first-order valence-corrected chi connectivity index (χ1v) is 7.34. The predicted molar refractivity (Wildman–Crippen MR) is 80.5 cm³/mol. The molecule has 2 heterocycles. The number of hydrogen-bond acceptors (Lipinski definition) is 3. The van der Waals surface area contributed by atoms with E-state index >= 15 is 0 Å². The number of nitrogens with zero attached hydrogens (tertiary/aromatic N) is 4. The Morgan fingerprint density at radius 1 is 1.29 bits per heavy atom. The fourth-order valence-electron chi connectivity index (χ4n) is 2.54. The molecule has 0 unspecified atom stereocenters. The highest BCUT2D eigenvalue weighted by Gasteiger charge is 2.23. The lowest BCUT2D eigenvalue weighted by Gasteiger charge is -2.02. The molecule has 6 heteroatoms. The van der Waals surface area contributed by atoms with Gasteiger partial charge in [-0.05, 0) is 27.2 Å². The number of unbranched alkanes of at least 4 members (excludes halogenated alkanes) is 1. The first-order chi connectivity index (χ1) is 9.99. The summed E-state index contributed by atoms with van der Waals surface area (Å²) in [6, 6.07) is 0. The Morgan fingerprint density at radius 2 is 2.00 bits per heavy atom. The maximum Gasteiger partial charge on any atom is 0.339 e. The van der Waals surface area contributed by atoms with Crippen molar-refractivity contribution in [2.75, 3.05) is 0 Å². The molecule has 1 N–H and O–H groups in total. The summed E-state index contributed by atoms with van der Waals surface area (Å²) in [5.41, 5.74) is 3.38. The van der Waals surface area contributed by atoms with E-state index in [2.05, 4.69) is 17.1 Å². The maximum absolute atomic E-state index is 11.5. The zero-order valence-electron chi connectivity index (χ0n) is 13.1. The first-order valence-electron chi connectivity index (χ1n) is 7.34. The predicted octanol–water partition coefficient (Wildman–Crippen LogP) is 2.88. The Kier molecular flexibility index (Phi) is 4.45. The van der Waals surface area contributed by atoms with Gasteiger partial charge in [-0.3, -0.25) is 9.36 Å². The molecule has 0 radical (unpaired) electrons. The van der Waals surface area contributed by atoms with Crippen molar-refractivity contribution in [3.05, 3.63) is 23.1 Å². The van der Waals surface area contributed by atoms with E-state index in [1.807, 2.05) is 25.5 Å². The fourth-order valence-corrected chi connectivity index (χ4v) is 2.54. The van der Waals surface area contributed by atoms with Crippen molar-refractivity contribution in [2.45, 2.75) is 53.6 Å². The highest BCUT2D eigenvalue weighted by Crippen LogP contribution is 2.28. The number of aromatic carboxylic acids is 1. The Balaban J connectivity index is 2.54. The van der Waals surface area contributed by atoms with Crippen molar-refractivity contribution in [3.8, 4) is 11.3 Å². The van der Waals surface area contributed by atoms with E-state index in [1.165, 1.54) is 0 Å². The molecule has 21 heavy (non-hydrogen) atoms. The van der Waals surface area contributed by atoms with Crippen LogP contribution in [-0.2, 0) is 13.1 Å². The van der Waals surface area contributed by atoms with Gasteiger partial charge in [0.05, 0.1) is 5.69 Å². The molecule has 2 aromatic rings. The Bertz CT molecular complexity index is 655. The van der Waals surface area contributed by atoms with E-state index in [9.17, 15) is 9.90 Å². The second kappa shape index (κ2) is 6.11. The number of aryl methyl sites for hydroxylation is 3. The molecule has 2 rings (SSSR count). The van der Waals surface area contributed by atoms with Crippen LogP contribution in [0, 0.1) is 13.8 Å². The summed E-state index contributed by atoms with van der Waals surface area (Å²) in [6.07, 6.45) is 3.64. The highest BCUT2D eigenvalue weighted by atomic mass is 16.4. The van der Waals surface area contributed by atoms with E-state index in [-0.39, 0.29) is 5.56 Å². The minimum absolute atomic E-state index is 0.243. The van der Waals surface area contributed by atoms with Gasteiger partial charge in [0.2, 0.25) is 0 Å². The zero-order chi connectivity index (χ0) is 15.6. The van der Waals surface area contributed by atoms with Crippen LogP contribution in [0.25, 0.3) is 11.3 Å². The molecule has 0 atom stereocenters. The van der Waals surface area contributed by atoms with Crippen LogP contribution in [0.4, 0.5) is 0 Å². The molecule has 0 fully saturated rings. The third-order valence-corrected chi connectivity index (χ3v) is 3.65. The largest absolute Gasteiger partial charge is 0.478 e. The van der Waals surface area contributed by atoms with E-state index in [0.29, 0.717) is 5.69 Å². The van der Waals surface area contributed by atoms with Gasteiger partial charge in [0, 0.05) is 30.5 Å². The molecule has 0 spiro atoms. The third-order valence-electron chi connectivity index (χ3n) is 3.65. The number of aromatic nitrogens is 4. The van der Waals surface area contributed by atoms with Crippen LogP contribution < -0.4 is 0 Å². The van der Waals surface area contributed by atoms with Gasteiger partial charge >= 0.3 is 5.97 Å². The molecule has 0 aliphatic carbocycles. The smallest absolute Gasteiger partial charge is 0.339 e. The molecular formula is C15H22N4O2. The summed E-state index contributed by atoms with van der Waals surface area (Å²) in [5, 5.41) is 18.4. The standard InChI is InChI=1S/C15H22N4O2/c1-5-7-8-18-9-12(15(20)21)14(17-18)13-10(3)16-19(6-2)11(13)4/h9H,5-8H2,1-4H3,(H,20,21). The van der Waals surface area contributed by atoms with Crippen LogP contribution in [0.1, 0.15) is 48.4 Å². The lowest BCUT2D eigenvalue weighted by Crippen LogP contribution is -2.00. The van der Waals surface area contributed by atoms with Crippen molar-refractivity contribution >= 4 is 5.97 Å². The summed E-state index contributed by atoms with van der Waals surface area (Å²) in [4.78, 5) is 11.5. The van der Waals surface area contributed by atoms with Crippen LogP contribution in [0.2, 0.25) is 0 Å². The van der Waals surface area contributed by atoms with Gasteiger partial charge in [0.25, 0.3) is 0 Å². The molecule has 0 bridgehead atoms. The van der Waals surface area contributed by atoms with Gasteiger partial charge in [-0.15, -0.1) is 0 Å². The quantitative estimate of drug-likeness (QED) is 0.887. The summed E-state index contributed by atoms with van der Waals surface area (Å²) in [7, 11) is 0. The number of carbonyl (C=O) groups is 1. The van der Waals surface area contributed by atoms with Crippen LogP contribution in [0.5, 0.6) is 0 Å². The molecule has 0 saturated heterocycles. The molecule has 0 saturated carbocycles. The van der Waals surface area contributed by atoms with E-state index < -0.39 is 5.97 Å². The van der Waals surface area contributed by atoms with Gasteiger partial charge in [0.1, 0.15) is 11.3 Å². The lowest BCUT2D eigenvalue weighted by molar-refractivity contribution is 0.0697. The topological polar surface area (TPSA) is 72.9 Å². The second-order valence-electron chi connectivity index (χ2n) is 5.17. The molecule has 114 valence electrons. The molecule has 0 aliphatic rings. The van der Waals surface area contributed by atoms with E-state index in [4.69, 9.17) is 0 Å². The van der Waals surface area contributed by atoms with Crippen molar-refractivity contribution in [2.24, 2.45) is 0 Å². The Hall–Kier alpha value is -2.11. The van der Waals surface area contributed by atoms with E-state index in [0.717, 1.165) is 42.9 Å². The van der Waals surface area contributed by atoms with E-state index in [1.54, 1.807) is 10.9 Å². The summed E-state index contributed by atoms with van der Waals surface area (Å²) in [5.74, 6) is -0.948. The van der Waals surface area contributed by atoms with Crippen molar-refractivity contribution in [1.82, 2.24) is 19.6 Å². The second-order valence-corrected chi connectivity index (χ2v) is 5.17. The van der Waals surface area contributed by atoms with Crippen LogP contribution in [-0.4, -0.2) is 30.6 Å². The average molecular weight is 290 g/mol. The first kappa shape index (κ1) is 15.3. The van der Waals surface area contributed by atoms with Gasteiger partial charge in [-0.25, -0.2) is 4.79 Å². The third kappa shape index (κ3) is 2.84. The van der Waals surface area contributed by atoms with Crippen molar-refractivity contribution in [3.63, 3.8) is 0 Å². The minimum Gasteiger partial charge on any atom is -0.478 e. The molecule has 2 aromatic heterocycles. The van der Waals surface area contributed by atoms with Crippen molar-refractivity contribution < 1.29 is 9.90 Å². The van der Waals surface area contributed by atoms with Crippen LogP contribution in [0.3, 0.4) is 0 Å². The minimum atomic E-state index is -0.948. The normalized spacial score (nSPS) is 11.0. The van der Waals surface area contributed by atoms with Gasteiger partial charge in [-0.1, -0.05) is 13.3 Å². The maximum atomic E-state index is 11.5. The summed E-state index contributed by atoms with van der Waals surface area (Å²) in [6.45, 7) is 9.45. The van der Waals surface area contributed by atoms with Gasteiger partial charge in [0.15, 0.2) is 0 Å². The number of rotatable bonds is 6. The molecule has 6 nitrogen and oxygen atoms in total. The molecule has 0 aromatic carbocycles. The van der Waals surface area contributed by atoms with Crippen LogP contribution in [0.15, 0.2) is 6.20 Å². The molecular weight excluding hydrogens is 268 g/mol.